The quantitative estimate of drug-likeness (QED) is 0.144. The third-order valence-electron chi connectivity index (χ3n) is 4.41. The van der Waals surface area contributed by atoms with Crippen molar-refractivity contribution in [3.63, 3.8) is 0 Å². The molecule has 0 heterocycles. The molecular formula is C18H32N4O9. The molecule has 9 N–H and O–H groups in total. The fourth-order valence-electron chi connectivity index (χ4n) is 2.40. The van der Waals surface area contributed by atoms with E-state index in [1.54, 1.807) is 13.8 Å². The van der Waals surface area contributed by atoms with Gasteiger partial charge in [0.25, 0.3) is 0 Å². The van der Waals surface area contributed by atoms with Crippen LogP contribution in [0.15, 0.2) is 0 Å². The second kappa shape index (κ2) is 12.8. The van der Waals surface area contributed by atoms with Crippen LogP contribution in [-0.4, -0.2) is 86.5 Å². The molecule has 0 aliphatic carbocycles. The Kier molecular flexibility index (Phi) is 11.7. The van der Waals surface area contributed by atoms with E-state index in [1.807, 2.05) is 5.32 Å². The van der Waals surface area contributed by atoms with E-state index < -0.39 is 78.9 Å². The second-order valence-electron chi connectivity index (χ2n) is 7.56. The maximum Gasteiger partial charge on any atom is 0.328 e. The molecule has 6 unspecified atom stereocenters. The third kappa shape index (κ3) is 9.72. The monoisotopic (exact) mass is 448 g/mol. The number of aliphatic hydroxyl groups excluding tert-OH is 2. The Morgan fingerprint density at radius 2 is 1.26 bits per heavy atom. The Morgan fingerprint density at radius 1 is 0.774 bits per heavy atom. The second-order valence-corrected chi connectivity index (χ2v) is 7.56. The maximum absolute atomic E-state index is 12.6. The van der Waals surface area contributed by atoms with Crippen molar-refractivity contribution in [1.29, 1.82) is 0 Å². The highest BCUT2D eigenvalue weighted by molar-refractivity contribution is 5.94. The van der Waals surface area contributed by atoms with Crippen LogP contribution < -0.4 is 21.7 Å². The van der Waals surface area contributed by atoms with Gasteiger partial charge in [-0.05, 0) is 26.2 Å². The molecule has 0 aliphatic heterocycles. The zero-order valence-electron chi connectivity index (χ0n) is 17.9. The smallest absolute Gasteiger partial charge is 0.328 e. The van der Waals surface area contributed by atoms with E-state index in [-0.39, 0.29) is 5.92 Å². The molecular weight excluding hydrogens is 416 g/mol. The highest BCUT2D eigenvalue weighted by atomic mass is 16.4. The Morgan fingerprint density at radius 3 is 1.65 bits per heavy atom. The normalized spacial score (nSPS) is 16.9. The summed E-state index contributed by atoms with van der Waals surface area (Å²) >= 11 is 0. The van der Waals surface area contributed by atoms with E-state index in [9.17, 15) is 34.2 Å². The number of carbonyl (C=O) groups excluding carboxylic acids is 3. The molecule has 0 bridgehead atoms. The van der Waals surface area contributed by atoms with Crippen molar-refractivity contribution in [3.05, 3.63) is 0 Å². The fourth-order valence-corrected chi connectivity index (χ4v) is 2.40. The summed E-state index contributed by atoms with van der Waals surface area (Å²) in [4.78, 5) is 59.3. The van der Waals surface area contributed by atoms with E-state index in [0.717, 1.165) is 6.92 Å². The van der Waals surface area contributed by atoms with Crippen LogP contribution >= 0.6 is 0 Å². The number of carboxylic acid groups (broad SMARTS) is 2. The third-order valence-corrected chi connectivity index (χ3v) is 4.41. The lowest BCUT2D eigenvalue weighted by Gasteiger charge is -2.27. The Hall–Kier alpha value is -2.77. The number of hydrogen-bond donors (Lipinski definition) is 8. The maximum atomic E-state index is 12.6. The van der Waals surface area contributed by atoms with Crippen LogP contribution in [-0.2, 0) is 24.0 Å². The molecule has 0 saturated heterocycles. The number of hydrogen-bond acceptors (Lipinski definition) is 8. The van der Waals surface area contributed by atoms with Crippen molar-refractivity contribution in [1.82, 2.24) is 16.0 Å². The summed E-state index contributed by atoms with van der Waals surface area (Å²) in [6.45, 7) is 5.69. The minimum atomic E-state index is -1.70. The van der Waals surface area contributed by atoms with Gasteiger partial charge in [-0.15, -0.1) is 0 Å². The van der Waals surface area contributed by atoms with Crippen LogP contribution in [0.3, 0.4) is 0 Å². The number of nitrogens with two attached hydrogens (primary N) is 1. The summed E-state index contributed by atoms with van der Waals surface area (Å²) in [5.74, 6) is -5.86. The van der Waals surface area contributed by atoms with Gasteiger partial charge in [-0.2, -0.15) is 0 Å². The molecule has 0 saturated carbocycles. The van der Waals surface area contributed by atoms with E-state index in [2.05, 4.69) is 10.6 Å². The molecule has 0 fully saturated rings. The van der Waals surface area contributed by atoms with E-state index in [1.165, 1.54) is 6.92 Å². The average Bonchev–Trinajstić information content (AvgIpc) is 2.64. The molecule has 13 nitrogen and oxygen atoms in total. The summed E-state index contributed by atoms with van der Waals surface area (Å²) in [7, 11) is 0. The zero-order valence-corrected chi connectivity index (χ0v) is 17.9. The molecule has 0 aliphatic rings. The number of aliphatic hydroxyl groups is 2. The SMILES string of the molecule is CC(C)C(N)C(=O)NC(C(=O)NC(CCC(=O)O)C(=O)NC(C(=O)O)C(C)O)C(C)O. The van der Waals surface area contributed by atoms with Gasteiger partial charge in [0.1, 0.15) is 12.1 Å². The highest BCUT2D eigenvalue weighted by Gasteiger charge is 2.33. The first-order valence-electron chi connectivity index (χ1n) is 9.66. The molecule has 0 aromatic heterocycles. The van der Waals surface area contributed by atoms with Crippen molar-refractivity contribution in [2.45, 2.75) is 76.9 Å². The number of rotatable bonds is 13. The Labute approximate surface area is 179 Å². The van der Waals surface area contributed by atoms with E-state index in [4.69, 9.17) is 15.9 Å². The van der Waals surface area contributed by atoms with Crippen LogP contribution in [0.5, 0.6) is 0 Å². The lowest BCUT2D eigenvalue weighted by molar-refractivity contribution is -0.145. The van der Waals surface area contributed by atoms with Crippen LogP contribution in [0.1, 0.15) is 40.5 Å². The number of amides is 3. The molecule has 0 aromatic rings. The van der Waals surface area contributed by atoms with Gasteiger partial charge in [0.15, 0.2) is 6.04 Å². The summed E-state index contributed by atoms with van der Waals surface area (Å²) in [6.07, 6.45) is -3.82. The number of aliphatic carboxylic acids is 2. The van der Waals surface area contributed by atoms with Gasteiger partial charge in [0, 0.05) is 6.42 Å². The summed E-state index contributed by atoms with van der Waals surface area (Å²) in [6, 6.07) is -5.69. The van der Waals surface area contributed by atoms with Crippen LogP contribution in [0.25, 0.3) is 0 Å². The average molecular weight is 448 g/mol. The number of nitrogens with one attached hydrogen (secondary N) is 3. The Balaban J connectivity index is 5.51. The number of carbonyl (C=O) groups is 5. The lowest BCUT2D eigenvalue weighted by atomic mass is 10.0. The van der Waals surface area contributed by atoms with E-state index >= 15 is 0 Å². The highest BCUT2D eigenvalue weighted by Crippen LogP contribution is 2.05. The molecule has 13 heteroatoms. The molecule has 3 amide bonds. The molecule has 6 atom stereocenters. The first-order valence-corrected chi connectivity index (χ1v) is 9.66. The van der Waals surface area contributed by atoms with Crippen molar-refractivity contribution < 1.29 is 44.4 Å². The first-order chi connectivity index (χ1) is 14.2. The predicted octanol–water partition coefficient (Wildman–Crippen LogP) is -2.86. The molecule has 0 rings (SSSR count). The minimum Gasteiger partial charge on any atom is -0.481 e. The van der Waals surface area contributed by atoms with Crippen molar-refractivity contribution in [2.75, 3.05) is 0 Å². The number of carboxylic acids is 2. The molecule has 178 valence electrons. The van der Waals surface area contributed by atoms with Crippen LogP contribution in [0.4, 0.5) is 0 Å². The van der Waals surface area contributed by atoms with Crippen LogP contribution in [0, 0.1) is 5.92 Å². The van der Waals surface area contributed by atoms with E-state index in [0.29, 0.717) is 0 Å². The van der Waals surface area contributed by atoms with Crippen molar-refractivity contribution >= 4 is 29.7 Å². The van der Waals surface area contributed by atoms with Gasteiger partial charge in [-0.1, -0.05) is 13.8 Å². The van der Waals surface area contributed by atoms with Gasteiger partial charge < -0.3 is 42.1 Å². The molecule has 0 spiro atoms. The van der Waals surface area contributed by atoms with Gasteiger partial charge in [-0.3, -0.25) is 19.2 Å². The zero-order chi connectivity index (χ0) is 24.5. The predicted molar refractivity (Wildman–Crippen MR) is 106 cm³/mol. The standard InChI is InChI=1S/C18H32N4O9/c1-7(2)12(19)16(28)21-13(8(3)23)17(29)20-10(5-6-11(25)26)15(27)22-14(9(4)24)18(30)31/h7-10,12-14,23-24H,5-6,19H2,1-4H3,(H,20,29)(H,21,28)(H,22,27)(H,25,26)(H,30,31). The van der Waals surface area contributed by atoms with Gasteiger partial charge in [0.2, 0.25) is 17.7 Å². The summed E-state index contributed by atoms with van der Waals surface area (Å²) < 4.78 is 0. The lowest BCUT2D eigenvalue weighted by Crippen LogP contribution is -2.60. The van der Waals surface area contributed by atoms with Gasteiger partial charge in [-0.25, -0.2) is 4.79 Å². The molecule has 0 aromatic carbocycles. The fraction of sp³-hybridized carbons (Fsp3) is 0.722. The van der Waals surface area contributed by atoms with Gasteiger partial charge >= 0.3 is 11.9 Å². The Bertz CT molecular complexity index is 666. The van der Waals surface area contributed by atoms with Crippen LogP contribution in [0.2, 0.25) is 0 Å². The summed E-state index contributed by atoms with van der Waals surface area (Å²) in [5.41, 5.74) is 5.72. The first kappa shape index (κ1) is 28.2. The largest absolute Gasteiger partial charge is 0.481 e. The summed E-state index contributed by atoms with van der Waals surface area (Å²) in [5, 5.41) is 43.9. The minimum absolute atomic E-state index is 0.264. The molecule has 31 heavy (non-hydrogen) atoms. The van der Waals surface area contributed by atoms with Crippen molar-refractivity contribution in [3.8, 4) is 0 Å². The topological polar surface area (TPSA) is 228 Å². The molecule has 0 radical (unpaired) electrons. The van der Waals surface area contributed by atoms with Gasteiger partial charge in [0.05, 0.1) is 18.2 Å². The van der Waals surface area contributed by atoms with Crippen molar-refractivity contribution in [2.24, 2.45) is 11.7 Å².